The topological polar surface area (TPSA) is 67.4 Å². The molecule has 1 N–H and O–H groups in total. The average molecular weight is 256 g/mol. The number of amides is 1. The molecule has 0 spiro atoms. The molecule has 1 amide bonds. The number of aryl methyl sites for hydroxylation is 1. The van der Waals surface area contributed by atoms with E-state index >= 15 is 0 Å². The van der Waals surface area contributed by atoms with Gasteiger partial charge < -0.3 is 4.74 Å². The fourth-order valence-corrected chi connectivity index (χ4v) is 2.28. The van der Waals surface area contributed by atoms with Crippen molar-refractivity contribution in [3.63, 3.8) is 0 Å². The summed E-state index contributed by atoms with van der Waals surface area (Å²) in [5, 5.41) is 11.9. The third-order valence-corrected chi connectivity index (χ3v) is 3.48. The molecule has 0 bridgehead atoms. The zero-order valence-corrected chi connectivity index (χ0v) is 10.8. The lowest BCUT2D eigenvalue weighted by molar-refractivity contribution is -0.122. The Kier molecular flexibility index (Phi) is 4.03. The van der Waals surface area contributed by atoms with Gasteiger partial charge in [-0.2, -0.15) is 0 Å². The third kappa shape index (κ3) is 3.21. The first-order valence-corrected chi connectivity index (χ1v) is 6.41. The Labute approximate surface area is 104 Å². The number of nitrogens with one attached hydrogen (secondary N) is 1. The van der Waals surface area contributed by atoms with Gasteiger partial charge in [-0.3, -0.25) is 15.0 Å². The lowest BCUT2D eigenvalue weighted by Crippen LogP contribution is -2.47. The monoisotopic (exact) mass is 256 g/mol. The summed E-state index contributed by atoms with van der Waals surface area (Å²) in [6, 6.07) is -0.164. The molecule has 0 aliphatic carbocycles. The molecule has 0 radical (unpaired) electrons. The first-order chi connectivity index (χ1) is 8.16. The summed E-state index contributed by atoms with van der Waals surface area (Å²) in [5.41, 5.74) is 0. The number of hydrogen-bond donors (Lipinski definition) is 1. The van der Waals surface area contributed by atoms with Gasteiger partial charge in [0.05, 0.1) is 19.3 Å². The van der Waals surface area contributed by atoms with Crippen LogP contribution in [-0.2, 0) is 9.53 Å². The SMILES string of the molecule is Cc1nnc(NC(=O)C(C)N2CCOCC2)s1. The van der Waals surface area contributed by atoms with Gasteiger partial charge in [0.15, 0.2) is 0 Å². The van der Waals surface area contributed by atoms with E-state index in [1.54, 1.807) is 0 Å². The minimum atomic E-state index is -0.164. The van der Waals surface area contributed by atoms with E-state index in [9.17, 15) is 4.79 Å². The predicted octanol–water partition coefficient (Wildman–Crippen LogP) is 0.506. The number of anilines is 1. The maximum atomic E-state index is 12.0. The van der Waals surface area contributed by atoms with Crippen molar-refractivity contribution in [3.05, 3.63) is 5.01 Å². The maximum absolute atomic E-state index is 12.0. The van der Waals surface area contributed by atoms with Gasteiger partial charge in [0.1, 0.15) is 5.01 Å². The smallest absolute Gasteiger partial charge is 0.243 e. The highest BCUT2D eigenvalue weighted by Gasteiger charge is 2.23. The summed E-state index contributed by atoms with van der Waals surface area (Å²) in [6.07, 6.45) is 0. The van der Waals surface area contributed by atoms with Crippen LogP contribution in [0.4, 0.5) is 5.13 Å². The zero-order valence-electron chi connectivity index (χ0n) is 9.97. The minimum Gasteiger partial charge on any atom is -0.379 e. The van der Waals surface area contributed by atoms with Crippen LogP contribution in [0.25, 0.3) is 0 Å². The van der Waals surface area contributed by atoms with Crippen molar-refractivity contribution in [2.75, 3.05) is 31.6 Å². The van der Waals surface area contributed by atoms with E-state index < -0.39 is 0 Å². The highest BCUT2D eigenvalue weighted by molar-refractivity contribution is 7.15. The second-order valence-electron chi connectivity index (χ2n) is 3.94. The van der Waals surface area contributed by atoms with Crippen molar-refractivity contribution in [1.82, 2.24) is 15.1 Å². The molecule has 1 aliphatic heterocycles. The highest BCUT2D eigenvalue weighted by Crippen LogP contribution is 2.14. The van der Waals surface area contributed by atoms with Crippen LogP contribution < -0.4 is 5.32 Å². The van der Waals surface area contributed by atoms with E-state index in [0.717, 1.165) is 18.1 Å². The van der Waals surface area contributed by atoms with Gasteiger partial charge in [-0.05, 0) is 13.8 Å². The molecule has 0 saturated carbocycles. The van der Waals surface area contributed by atoms with E-state index in [1.807, 2.05) is 13.8 Å². The van der Waals surface area contributed by atoms with Gasteiger partial charge >= 0.3 is 0 Å². The lowest BCUT2D eigenvalue weighted by atomic mass is 10.2. The van der Waals surface area contributed by atoms with Crippen LogP contribution in [-0.4, -0.2) is 53.3 Å². The van der Waals surface area contributed by atoms with E-state index in [0.29, 0.717) is 18.3 Å². The standard InChI is InChI=1S/C10H16N4O2S/c1-7(14-3-5-16-6-4-14)9(15)11-10-13-12-8(2)17-10/h7H,3-6H2,1-2H3,(H,11,13,15). The highest BCUT2D eigenvalue weighted by atomic mass is 32.1. The molecule has 2 heterocycles. The fourth-order valence-electron chi connectivity index (χ4n) is 1.69. The molecule has 1 fully saturated rings. The van der Waals surface area contributed by atoms with Crippen LogP contribution in [0.2, 0.25) is 0 Å². The molecule has 0 aromatic carbocycles. The van der Waals surface area contributed by atoms with Gasteiger partial charge in [-0.15, -0.1) is 10.2 Å². The van der Waals surface area contributed by atoms with Crippen molar-refractivity contribution in [2.24, 2.45) is 0 Å². The number of rotatable bonds is 3. The Balaban J connectivity index is 1.90. The predicted molar refractivity (Wildman–Crippen MR) is 65.1 cm³/mol. The van der Waals surface area contributed by atoms with E-state index in [-0.39, 0.29) is 11.9 Å². The third-order valence-electron chi connectivity index (χ3n) is 2.73. The van der Waals surface area contributed by atoms with Crippen molar-refractivity contribution >= 4 is 22.4 Å². The Hall–Kier alpha value is -1.05. The first-order valence-electron chi connectivity index (χ1n) is 5.59. The second-order valence-corrected chi connectivity index (χ2v) is 5.12. The quantitative estimate of drug-likeness (QED) is 0.853. The molecule has 1 aromatic heterocycles. The van der Waals surface area contributed by atoms with Crippen LogP contribution >= 0.6 is 11.3 Å². The second kappa shape index (κ2) is 5.52. The Morgan fingerprint density at radius 1 is 1.47 bits per heavy atom. The van der Waals surface area contributed by atoms with Gasteiger partial charge in [0, 0.05) is 13.1 Å². The number of aromatic nitrogens is 2. The molecule has 1 unspecified atom stereocenters. The Bertz CT molecular complexity index is 389. The molecule has 1 aliphatic rings. The molecular weight excluding hydrogens is 240 g/mol. The number of hydrogen-bond acceptors (Lipinski definition) is 6. The summed E-state index contributed by atoms with van der Waals surface area (Å²) in [4.78, 5) is 14.1. The number of carbonyl (C=O) groups is 1. The molecule has 17 heavy (non-hydrogen) atoms. The average Bonchev–Trinajstić information content (AvgIpc) is 2.75. The Morgan fingerprint density at radius 3 is 2.76 bits per heavy atom. The number of carbonyl (C=O) groups excluding carboxylic acids is 1. The van der Waals surface area contributed by atoms with Crippen molar-refractivity contribution in [2.45, 2.75) is 19.9 Å². The van der Waals surface area contributed by atoms with Gasteiger partial charge in [-0.25, -0.2) is 0 Å². The molecular formula is C10H16N4O2S. The summed E-state index contributed by atoms with van der Waals surface area (Å²) in [6.45, 7) is 6.73. The van der Waals surface area contributed by atoms with Crippen LogP contribution in [0, 0.1) is 6.92 Å². The molecule has 2 rings (SSSR count). The van der Waals surface area contributed by atoms with E-state index in [2.05, 4.69) is 20.4 Å². The van der Waals surface area contributed by atoms with Crippen LogP contribution in [0.3, 0.4) is 0 Å². The summed E-state index contributed by atoms with van der Waals surface area (Å²) >= 11 is 1.38. The Morgan fingerprint density at radius 2 is 2.18 bits per heavy atom. The molecule has 94 valence electrons. The van der Waals surface area contributed by atoms with Crippen molar-refractivity contribution in [1.29, 1.82) is 0 Å². The van der Waals surface area contributed by atoms with E-state index in [1.165, 1.54) is 11.3 Å². The van der Waals surface area contributed by atoms with Crippen molar-refractivity contribution < 1.29 is 9.53 Å². The van der Waals surface area contributed by atoms with E-state index in [4.69, 9.17) is 4.74 Å². The van der Waals surface area contributed by atoms with Gasteiger partial charge in [-0.1, -0.05) is 11.3 Å². The number of ether oxygens (including phenoxy) is 1. The van der Waals surface area contributed by atoms with Crippen LogP contribution in [0.1, 0.15) is 11.9 Å². The molecule has 7 heteroatoms. The fraction of sp³-hybridized carbons (Fsp3) is 0.700. The van der Waals surface area contributed by atoms with Crippen LogP contribution in [0.5, 0.6) is 0 Å². The molecule has 1 aromatic rings. The number of morpholine rings is 1. The van der Waals surface area contributed by atoms with Gasteiger partial charge in [0.25, 0.3) is 0 Å². The number of nitrogens with zero attached hydrogens (tertiary/aromatic N) is 3. The van der Waals surface area contributed by atoms with Crippen LogP contribution in [0.15, 0.2) is 0 Å². The zero-order chi connectivity index (χ0) is 12.3. The summed E-state index contributed by atoms with van der Waals surface area (Å²) in [5.74, 6) is -0.0388. The largest absolute Gasteiger partial charge is 0.379 e. The molecule has 6 nitrogen and oxygen atoms in total. The summed E-state index contributed by atoms with van der Waals surface area (Å²) in [7, 11) is 0. The summed E-state index contributed by atoms with van der Waals surface area (Å²) < 4.78 is 5.26. The first kappa shape index (κ1) is 12.4. The van der Waals surface area contributed by atoms with Gasteiger partial charge in [0.2, 0.25) is 11.0 Å². The minimum absolute atomic E-state index is 0.0388. The molecule has 1 atom stereocenters. The molecule has 1 saturated heterocycles. The van der Waals surface area contributed by atoms with Crippen molar-refractivity contribution in [3.8, 4) is 0 Å². The lowest BCUT2D eigenvalue weighted by Gasteiger charge is -2.30. The maximum Gasteiger partial charge on any atom is 0.243 e. The normalized spacial score (nSPS) is 18.9.